The molecule has 2 N–H and O–H groups in total. The van der Waals surface area contributed by atoms with Crippen molar-refractivity contribution < 1.29 is 9.53 Å². The van der Waals surface area contributed by atoms with Crippen LogP contribution in [0.3, 0.4) is 0 Å². The monoisotopic (exact) mass is 263 g/mol. The fourth-order valence-corrected chi connectivity index (χ4v) is 2.00. The zero-order valence-electron chi connectivity index (χ0n) is 11.6. The Kier molecular flexibility index (Phi) is 4.27. The molecule has 1 amide bonds. The predicted octanol–water partition coefficient (Wildman–Crippen LogP) is 0.730. The molecule has 1 fully saturated rings. The molecule has 19 heavy (non-hydrogen) atoms. The molecule has 0 aliphatic carbocycles. The van der Waals surface area contributed by atoms with Crippen molar-refractivity contribution in [2.45, 2.75) is 6.92 Å². The third kappa shape index (κ3) is 3.61. The van der Waals surface area contributed by atoms with Crippen LogP contribution in [-0.4, -0.2) is 55.5 Å². The van der Waals surface area contributed by atoms with E-state index >= 15 is 0 Å². The average molecular weight is 263 g/mol. The van der Waals surface area contributed by atoms with Crippen molar-refractivity contribution in [3.63, 3.8) is 0 Å². The van der Waals surface area contributed by atoms with Crippen LogP contribution in [0.2, 0.25) is 0 Å². The van der Waals surface area contributed by atoms with Gasteiger partial charge in [0.2, 0.25) is 0 Å². The first-order chi connectivity index (χ1) is 9.06. The molecule has 0 radical (unpaired) electrons. The summed E-state index contributed by atoms with van der Waals surface area (Å²) in [4.78, 5) is 16.0. The zero-order valence-corrected chi connectivity index (χ0v) is 11.6. The van der Waals surface area contributed by atoms with Gasteiger partial charge in [-0.15, -0.1) is 0 Å². The molecule has 2 rings (SSSR count). The Morgan fingerprint density at radius 3 is 2.63 bits per heavy atom. The topological polar surface area (TPSA) is 58.8 Å². The van der Waals surface area contributed by atoms with Crippen LogP contribution in [-0.2, 0) is 4.79 Å². The Labute approximate surface area is 113 Å². The molecule has 104 valence electrons. The lowest BCUT2D eigenvalue weighted by atomic mass is 10.2. The number of nitrogens with two attached hydrogens (primary N) is 1. The molecule has 5 nitrogen and oxygen atoms in total. The second-order valence-corrected chi connectivity index (χ2v) is 4.99. The first-order valence-corrected chi connectivity index (χ1v) is 6.51. The molecule has 0 atom stereocenters. The fraction of sp³-hybridized carbons (Fsp3) is 0.500. The minimum Gasteiger partial charge on any atom is -0.484 e. The molecule has 1 aromatic rings. The largest absolute Gasteiger partial charge is 0.484 e. The lowest BCUT2D eigenvalue weighted by Crippen LogP contribution is -2.48. The summed E-state index contributed by atoms with van der Waals surface area (Å²) in [5.41, 5.74) is 7.50. The maximum Gasteiger partial charge on any atom is 0.260 e. The Morgan fingerprint density at radius 1 is 1.32 bits per heavy atom. The molecule has 1 heterocycles. The van der Waals surface area contributed by atoms with Gasteiger partial charge in [0.1, 0.15) is 5.75 Å². The number of nitrogen functional groups attached to an aromatic ring is 1. The summed E-state index contributed by atoms with van der Waals surface area (Å²) >= 11 is 0. The minimum absolute atomic E-state index is 0.0345. The number of rotatable bonds is 3. The van der Waals surface area contributed by atoms with Crippen LogP contribution in [0.1, 0.15) is 5.56 Å². The van der Waals surface area contributed by atoms with Crippen molar-refractivity contribution in [1.29, 1.82) is 0 Å². The van der Waals surface area contributed by atoms with E-state index in [-0.39, 0.29) is 12.5 Å². The predicted molar refractivity (Wildman–Crippen MR) is 75.2 cm³/mol. The van der Waals surface area contributed by atoms with Crippen LogP contribution in [0.15, 0.2) is 18.2 Å². The Morgan fingerprint density at radius 2 is 2.00 bits per heavy atom. The van der Waals surface area contributed by atoms with E-state index in [0.717, 1.165) is 31.7 Å². The minimum atomic E-state index is 0.0345. The van der Waals surface area contributed by atoms with Gasteiger partial charge in [-0.1, -0.05) is 6.07 Å². The normalized spacial score (nSPS) is 16.4. The highest BCUT2D eigenvalue weighted by Gasteiger charge is 2.19. The molecule has 5 heteroatoms. The van der Waals surface area contributed by atoms with E-state index in [1.54, 1.807) is 6.07 Å². The highest BCUT2D eigenvalue weighted by molar-refractivity contribution is 5.78. The molecule has 0 unspecified atom stereocenters. The van der Waals surface area contributed by atoms with Crippen molar-refractivity contribution in [1.82, 2.24) is 9.80 Å². The van der Waals surface area contributed by atoms with Crippen molar-refractivity contribution in [3.8, 4) is 5.75 Å². The second kappa shape index (κ2) is 5.93. The number of aryl methyl sites for hydroxylation is 1. The van der Waals surface area contributed by atoms with Crippen molar-refractivity contribution in [3.05, 3.63) is 23.8 Å². The van der Waals surface area contributed by atoms with Crippen LogP contribution in [0.5, 0.6) is 5.75 Å². The summed E-state index contributed by atoms with van der Waals surface area (Å²) in [7, 11) is 2.06. The number of hydrogen-bond donors (Lipinski definition) is 1. The van der Waals surface area contributed by atoms with E-state index in [0.29, 0.717) is 11.4 Å². The van der Waals surface area contributed by atoms with Gasteiger partial charge in [0.05, 0.1) is 0 Å². The number of amides is 1. The van der Waals surface area contributed by atoms with Crippen LogP contribution in [0.25, 0.3) is 0 Å². The van der Waals surface area contributed by atoms with Crippen LogP contribution in [0.4, 0.5) is 5.69 Å². The van der Waals surface area contributed by atoms with Gasteiger partial charge >= 0.3 is 0 Å². The van der Waals surface area contributed by atoms with Crippen LogP contribution < -0.4 is 10.5 Å². The number of ether oxygens (including phenoxy) is 1. The third-order valence-electron chi connectivity index (χ3n) is 3.47. The summed E-state index contributed by atoms with van der Waals surface area (Å²) in [6.45, 7) is 5.40. The van der Waals surface area contributed by atoms with E-state index in [2.05, 4.69) is 11.9 Å². The Bertz CT molecular complexity index is 454. The number of hydrogen-bond acceptors (Lipinski definition) is 4. The van der Waals surface area contributed by atoms with E-state index < -0.39 is 0 Å². The van der Waals surface area contributed by atoms with Gasteiger partial charge in [0.15, 0.2) is 6.61 Å². The van der Waals surface area contributed by atoms with Gasteiger partial charge < -0.3 is 20.3 Å². The second-order valence-electron chi connectivity index (χ2n) is 4.99. The average Bonchev–Trinajstić information content (AvgIpc) is 2.40. The summed E-state index contributed by atoms with van der Waals surface area (Å²) in [5.74, 6) is 0.679. The number of benzene rings is 1. The van der Waals surface area contributed by atoms with Crippen LogP contribution >= 0.6 is 0 Å². The molecule has 1 aromatic carbocycles. The van der Waals surface area contributed by atoms with Gasteiger partial charge in [0, 0.05) is 37.9 Å². The molecular formula is C14H21N3O2. The smallest absolute Gasteiger partial charge is 0.260 e. The summed E-state index contributed by atoms with van der Waals surface area (Å²) in [5, 5.41) is 0. The SMILES string of the molecule is Cc1ccc(OCC(=O)N2CCN(C)CC2)cc1N. The number of anilines is 1. The van der Waals surface area contributed by atoms with Crippen molar-refractivity contribution in [2.24, 2.45) is 0 Å². The summed E-state index contributed by atoms with van der Waals surface area (Å²) in [6.07, 6.45) is 0. The Hall–Kier alpha value is -1.75. The standard InChI is InChI=1S/C14H21N3O2/c1-11-3-4-12(9-13(11)15)19-10-14(18)17-7-5-16(2)6-8-17/h3-4,9H,5-8,10,15H2,1-2H3. The summed E-state index contributed by atoms with van der Waals surface area (Å²) < 4.78 is 5.50. The molecule has 0 spiro atoms. The fourth-order valence-electron chi connectivity index (χ4n) is 2.00. The molecule has 1 aliphatic rings. The lowest BCUT2D eigenvalue weighted by molar-refractivity contribution is -0.134. The molecular weight excluding hydrogens is 242 g/mol. The van der Waals surface area contributed by atoms with E-state index in [4.69, 9.17) is 10.5 Å². The number of carbonyl (C=O) groups excluding carboxylic acids is 1. The highest BCUT2D eigenvalue weighted by atomic mass is 16.5. The molecule has 1 saturated heterocycles. The first-order valence-electron chi connectivity index (χ1n) is 6.51. The van der Waals surface area contributed by atoms with Crippen molar-refractivity contribution >= 4 is 11.6 Å². The van der Waals surface area contributed by atoms with Crippen molar-refractivity contribution in [2.75, 3.05) is 45.6 Å². The number of piperazine rings is 1. The highest BCUT2D eigenvalue weighted by Crippen LogP contribution is 2.18. The molecule has 0 bridgehead atoms. The van der Waals surface area contributed by atoms with Gasteiger partial charge in [-0.3, -0.25) is 4.79 Å². The first kappa shape index (κ1) is 13.7. The van der Waals surface area contributed by atoms with E-state index in [9.17, 15) is 4.79 Å². The van der Waals surface area contributed by atoms with Gasteiger partial charge in [-0.2, -0.15) is 0 Å². The lowest BCUT2D eigenvalue weighted by Gasteiger charge is -2.32. The molecule has 1 aliphatic heterocycles. The quantitative estimate of drug-likeness (QED) is 0.817. The molecule has 0 saturated carbocycles. The van der Waals surface area contributed by atoms with E-state index in [1.807, 2.05) is 24.0 Å². The number of carbonyl (C=O) groups is 1. The van der Waals surface area contributed by atoms with Gasteiger partial charge in [0.25, 0.3) is 5.91 Å². The maximum absolute atomic E-state index is 12.0. The van der Waals surface area contributed by atoms with E-state index in [1.165, 1.54) is 0 Å². The van der Waals surface area contributed by atoms with Crippen LogP contribution in [0, 0.1) is 6.92 Å². The third-order valence-corrected chi connectivity index (χ3v) is 3.47. The zero-order chi connectivity index (χ0) is 13.8. The van der Waals surface area contributed by atoms with Gasteiger partial charge in [-0.25, -0.2) is 0 Å². The van der Waals surface area contributed by atoms with Gasteiger partial charge in [-0.05, 0) is 25.6 Å². The maximum atomic E-state index is 12.0. The number of likely N-dealkylation sites (N-methyl/N-ethyl adjacent to an activating group) is 1. The Balaban J connectivity index is 1.84. The number of nitrogens with zero attached hydrogens (tertiary/aromatic N) is 2. The summed E-state index contributed by atoms with van der Waals surface area (Å²) in [6, 6.07) is 5.49. The molecule has 0 aromatic heterocycles.